The predicted molar refractivity (Wildman–Crippen MR) is 66.4 cm³/mol. The number of nitrogens with zero attached hydrogens (tertiary/aromatic N) is 1. The van der Waals surface area contributed by atoms with Crippen molar-refractivity contribution in [3.63, 3.8) is 0 Å². The van der Waals surface area contributed by atoms with Crippen molar-refractivity contribution in [3.05, 3.63) is 22.4 Å². The van der Waals surface area contributed by atoms with Gasteiger partial charge in [-0.3, -0.25) is 0 Å². The second-order valence-corrected chi connectivity index (χ2v) is 5.48. The Morgan fingerprint density at radius 2 is 2.47 bits per heavy atom. The van der Waals surface area contributed by atoms with E-state index < -0.39 is 0 Å². The van der Waals surface area contributed by atoms with Crippen LogP contribution in [0.2, 0.25) is 0 Å². The molecule has 1 aliphatic heterocycles. The van der Waals surface area contributed by atoms with Crippen molar-refractivity contribution in [1.29, 1.82) is 0 Å². The van der Waals surface area contributed by atoms with Gasteiger partial charge in [-0.2, -0.15) is 0 Å². The van der Waals surface area contributed by atoms with Gasteiger partial charge in [0.15, 0.2) is 0 Å². The first-order valence-corrected chi connectivity index (χ1v) is 6.61. The molecule has 2 atom stereocenters. The molecule has 84 valence electrons. The van der Waals surface area contributed by atoms with Crippen LogP contribution in [0.15, 0.2) is 17.5 Å². The molecule has 1 aromatic rings. The summed E-state index contributed by atoms with van der Waals surface area (Å²) < 4.78 is 0. The number of rotatable bonds is 3. The van der Waals surface area contributed by atoms with Crippen LogP contribution in [0, 0.1) is 0 Å². The summed E-state index contributed by atoms with van der Waals surface area (Å²) in [7, 11) is 2.21. The number of piperidine rings is 1. The molecule has 2 rings (SSSR count). The van der Waals surface area contributed by atoms with E-state index in [0.29, 0.717) is 12.1 Å². The SMILES string of the molecule is CC(NC1CCCN(C)C1)c1cccs1. The van der Waals surface area contributed by atoms with Crippen LogP contribution in [0.5, 0.6) is 0 Å². The monoisotopic (exact) mass is 224 g/mol. The van der Waals surface area contributed by atoms with Gasteiger partial charge in [0.25, 0.3) is 0 Å². The highest BCUT2D eigenvalue weighted by molar-refractivity contribution is 7.10. The van der Waals surface area contributed by atoms with E-state index in [1.165, 1.54) is 30.8 Å². The summed E-state index contributed by atoms with van der Waals surface area (Å²) in [6, 6.07) is 5.52. The Balaban J connectivity index is 1.86. The minimum Gasteiger partial charge on any atom is -0.305 e. The second-order valence-electron chi connectivity index (χ2n) is 4.51. The molecule has 2 unspecified atom stereocenters. The van der Waals surface area contributed by atoms with Gasteiger partial charge < -0.3 is 10.2 Å². The summed E-state index contributed by atoms with van der Waals surface area (Å²) in [5.41, 5.74) is 0. The highest BCUT2D eigenvalue weighted by Crippen LogP contribution is 2.20. The zero-order chi connectivity index (χ0) is 10.7. The van der Waals surface area contributed by atoms with Crippen LogP contribution < -0.4 is 5.32 Å². The lowest BCUT2D eigenvalue weighted by molar-refractivity contribution is 0.219. The van der Waals surface area contributed by atoms with Crippen molar-refractivity contribution in [1.82, 2.24) is 10.2 Å². The molecule has 2 heterocycles. The highest BCUT2D eigenvalue weighted by Gasteiger charge is 2.19. The number of thiophene rings is 1. The summed E-state index contributed by atoms with van der Waals surface area (Å²) in [6.07, 6.45) is 2.64. The molecule has 3 heteroatoms. The Hall–Kier alpha value is -0.380. The van der Waals surface area contributed by atoms with Gasteiger partial charge in [0.05, 0.1) is 0 Å². The van der Waals surface area contributed by atoms with Gasteiger partial charge in [-0.1, -0.05) is 6.07 Å². The average Bonchev–Trinajstić information content (AvgIpc) is 2.70. The summed E-state index contributed by atoms with van der Waals surface area (Å²) >= 11 is 1.84. The van der Waals surface area contributed by atoms with Crippen LogP contribution in [0.25, 0.3) is 0 Å². The molecule has 1 fully saturated rings. The zero-order valence-electron chi connectivity index (χ0n) is 9.57. The lowest BCUT2D eigenvalue weighted by Crippen LogP contribution is -2.44. The van der Waals surface area contributed by atoms with Gasteiger partial charge in [0, 0.05) is 23.5 Å². The third-order valence-electron chi connectivity index (χ3n) is 3.08. The molecule has 1 N–H and O–H groups in total. The van der Waals surface area contributed by atoms with Crippen molar-refractivity contribution in [2.24, 2.45) is 0 Å². The second kappa shape index (κ2) is 5.10. The fourth-order valence-electron chi connectivity index (χ4n) is 2.28. The Labute approximate surface area is 96.3 Å². The van der Waals surface area contributed by atoms with Gasteiger partial charge in [-0.15, -0.1) is 11.3 Å². The normalized spacial score (nSPS) is 25.3. The van der Waals surface area contributed by atoms with E-state index in [2.05, 4.69) is 41.7 Å². The quantitative estimate of drug-likeness (QED) is 0.848. The highest BCUT2D eigenvalue weighted by atomic mass is 32.1. The van der Waals surface area contributed by atoms with E-state index in [0.717, 1.165) is 0 Å². The molecule has 1 aliphatic rings. The molecule has 15 heavy (non-hydrogen) atoms. The molecular weight excluding hydrogens is 204 g/mol. The van der Waals surface area contributed by atoms with Crippen LogP contribution in [0.4, 0.5) is 0 Å². The van der Waals surface area contributed by atoms with E-state index >= 15 is 0 Å². The minimum atomic E-state index is 0.501. The van der Waals surface area contributed by atoms with Gasteiger partial charge in [0.2, 0.25) is 0 Å². The Kier molecular flexibility index (Phi) is 3.78. The maximum atomic E-state index is 3.72. The van der Waals surface area contributed by atoms with Crippen molar-refractivity contribution in [3.8, 4) is 0 Å². The molecule has 0 saturated carbocycles. The number of likely N-dealkylation sites (N-methyl/N-ethyl adjacent to an activating group) is 1. The third-order valence-corrected chi connectivity index (χ3v) is 4.14. The minimum absolute atomic E-state index is 0.501. The van der Waals surface area contributed by atoms with E-state index in [1.54, 1.807) is 0 Å². The maximum Gasteiger partial charge on any atom is 0.0388 e. The summed E-state index contributed by atoms with van der Waals surface area (Å²) in [4.78, 5) is 3.87. The third kappa shape index (κ3) is 3.03. The smallest absolute Gasteiger partial charge is 0.0388 e. The van der Waals surface area contributed by atoms with Crippen LogP contribution in [0.1, 0.15) is 30.7 Å². The topological polar surface area (TPSA) is 15.3 Å². The van der Waals surface area contributed by atoms with Gasteiger partial charge in [0.1, 0.15) is 0 Å². The summed E-state index contributed by atoms with van der Waals surface area (Å²) in [5.74, 6) is 0. The molecular formula is C12H20N2S. The fraction of sp³-hybridized carbons (Fsp3) is 0.667. The Morgan fingerprint density at radius 1 is 1.60 bits per heavy atom. The average molecular weight is 224 g/mol. The van der Waals surface area contributed by atoms with Crippen LogP contribution in [0.3, 0.4) is 0 Å². The Bertz CT molecular complexity index is 284. The van der Waals surface area contributed by atoms with Crippen molar-refractivity contribution in [2.75, 3.05) is 20.1 Å². The van der Waals surface area contributed by atoms with Crippen molar-refractivity contribution >= 4 is 11.3 Å². The number of nitrogens with one attached hydrogen (secondary N) is 1. The number of likely N-dealkylation sites (tertiary alicyclic amines) is 1. The molecule has 0 spiro atoms. The first-order valence-electron chi connectivity index (χ1n) is 5.73. The van der Waals surface area contributed by atoms with Crippen LogP contribution in [-0.2, 0) is 0 Å². The molecule has 1 saturated heterocycles. The van der Waals surface area contributed by atoms with E-state index in [-0.39, 0.29) is 0 Å². The molecule has 0 radical (unpaired) electrons. The molecule has 0 amide bonds. The summed E-state index contributed by atoms with van der Waals surface area (Å²) in [6.45, 7) is 4.71. The molecule has 2 nitrogen and oxygen atoms in total. The molecule has 0 aliphatic carbocycles. The van der Waals surface area contributed by atoms with E-state index in [4.69, 9.17) is 0 Å². The zero-order valence-corrected chi connectivity index (χ0v) is 10.4. The van der Waals surface area contributed by atoms with Crippen molar-refractivity contribution < 1.29 is 0 Å². The first-order chi connectivity index (χ1) is 7.25. The molecule has 0 aromatic carbocycles. The molecule has 1 aromatic heterocycles. The Morgan fingerprint density at radius 3 is 3.13 bits per heavy atom. The lowest BCUT2D eigenvalue weighted by atomic mass is 10.1. The fourth-order valence-corrected chi connectivity index (χ4v) is 3.02. The standard InChI is InChI=1S/C12H20N2S/c1-10(12-6-4-8-15-12)13-11-5-3-7-14(2)9-11/h4,6,8,10-11,13H,3,5,7,9H2,1-2H3. The predicted octanol–water partition coefficient (Wildman–Crippen LogP) is 2.49. The van der Waals surface area contributed by atoms with E-state index in [1.807, 2.05) is 11.3 Å². The van der Waals surface area contributed by atoms with Crippen molar-refractivity contribution in [2.45, 2.75) is 31.8 Å². The lowest BCUT2D eigenvalue weighted by Gasteiger charge is -2.32. The first kappa shape index (κ1) is 11.1. The molecule has 0 bridgehead atoms. The van der Waals surface area contributed by atoms with Crippen LogP contribution in [-0.4, -0.2) is 31.1 Å². The van der Waals surface area contributed by atoms with Crippen LogP contribution >= 0.6 is 11.3 Å². The summed E-state index contributed by atoms with van der Waals surface area (Å²) in [5, 5.41) is 5.87. The van der Waals surface area contributed by atoms with Gasteiger partial charge in [-0.25, -0.2) is 0 Å². The van der Waals surface area contributed by atoms with Gasteiger partial charge >= 0.3 is 0 Å². The maximum absolute atomic E-state index is 3.72. The largest absolute Gasteiger partial charge is 0.305 e. The van der Waals surface area contributed by atoms with Gasteiger partial charge in [-0.05, 0) is 44.8 Å². The van der Waals surface area contributed by atoms with E-state index in [9.17, 15) is 0 Å². The number of hydrogen-bond acceptors (Lipinski definition) is 3. The number of hydrogen-bond donors (Lipinski definition) is 1.